The zero-order chi connectivity index (χ0) is 21.3. The topological polar surface area (TPSA) is 146 Å². The van der Waals surface area contributed by atoms with Crippen molar-refractivity contribution in [3.05, 3.63) is 29.6 Å². The second kappa shape index (κ2) is 10.6. The predicted molar refractivity (Wildman–Crippen MR) is 99.9 cm³/mol. The highest BCUT2D eigenvalue weighted by Crippen LogP contribution is 2.16. The molecule has 0 saturated carbocycles. The van der Waals surface area contributed by atoms with Gasteiger partial charge in [0.2, 0.25) is 0 Å². The van der Waals surface area contributed by atoms with Crippen molar-refractivity contribution in [3.8, 4) is 0 Å². The average Bonchev–Trinajstić information content (AvgIpc) is 2.57. The van der Waals surface area contributed by atoms with Crippen LogP contribution in [0, 0.1) is 5.92 Å². The monoisotopic (exact) mass is 396 g/mol. The maximum atomic E-state index is 11.8. The van der Waals surface area contributed by atoms with Crippen molar-refractivity contribution < 1.29 is 34.4 Å². The number of aliphatic hydroxyl groups is 1. The van der Waals surface area contributed by atoms with E-state index in [2.05, 4.69) is 10.3 Å². The van der Waals surface area contributed by atoms with Gasteiger partial charge in [-0.25, -0.2) is 9.59 Å². The lowest BCUT2D eigenvalue weighted by Crippen LogP contribution is -2.45. The first kappa shape index (κ1) is 23.4. The first-order chi connectivity index (χ1) is 13.0. The molecule has 0 radical (unpaired) electrons. The standard InChI is InChI=1S/C19H28N2O7/c1-19(2,3)28-18(27)21-15(17(25)26)10-13(16(23)24)9-14-7-6-12(11-20-14)5-4-8-22/h6-7,11,13,15,22H,4-5,8-10H2,1-3H3,(H,21,27)(H,23,24)(H,25,26)/t13-,15+/m0/s1. The molecule has 0 aliphatic rings. The van der Waals surface area contributed by atoms with Crippen molar-refractivity contribution in [2.45, 2.75) is 58.1 Å². The maximum Gasteiger partial charge on any atom is 0.408 e. The number of aliphatic hydroxyl groups excluding tert-OH is 1. The van der Waals surface area contributed by atoms with Crippen LogP contribution in [0.3, 0.4) is 0 Å². The van der Waals surface area contributed by atoms with E-state index in [0.717, 1.165) is 5.56 Å². The van der Waals surface area contributed by atoms with Gasteiger partial charge in [0.25, 0.3) is 0 Å². The number of hydrogen-bond acceptors (Lipinski definition) is 6. The van der Waals surface area contributed by atoms with Gasteiger partial charge < -0.3 is 25.4 Å². The van der Waals surface area contributed by atoms with Gasteiger partial charge in [-0.2, -0.15) is 0 Å². The van der Waals surface area contributed by atoms with Crippen LogP contribution < -0.4 is 5.32 Å². The maximum absolute atomic E-state index is 11.8. The van der Waals surface area contributed by atoms with Crippen LogP contribution in [-0.2, 0) is 27.2 Å². The molecule has 1 aromatic rings. The highest BCUT2D eigenvalue weighted by molar-refractivity contribution is 5.81. The van der Waals surface area contributed by atoms with Gasteiger partial charge >= 0.3 is 18.0 Å². The number of aryl methyl sites for hydroxylation is 1. The zero-order valence-electron chi connectivity index (χ0n) is 16.3. The van der Waals surface area contributed by atoms with Crippen molar-refractivity contribution in [1.82, 2.24) is 10.3 Å². The number of ether oxygens (including phenoxy) is 1. The van der Waals surface area contributed by atoms with Crippen LogP contribution in [0.15, 0.2) is 18.3 Å². The van der Waals surface area contributed by atoms with Crippen molar-refractivity contribution in [1.29, 1.82) is 0 Å². The van der Waals surface area contributed by atoms with Crippen molar-refractivity contribution in [2.24, 2.45) is 5.92 Å². The zero-order valence-corrected chi connectivity index (χ0v) is 16.3. The highest BCUT2D eigenvalue weighted by atomic mass is 16.6. The summed E-state index contributed by atoms with van der Waals surface area (Å²) in [4.78, 5) is 39.1. The first-order valence-electron chi connectivity index (χ1n) is 9.01. The van der Waals surface area contributed by atoms with Crippen LogP contribution in [0.1, 0.15) is 44.9 Å². The van der Waals surface area contributed by atoms with Crippen molar-refractivity contribution in [2.75, 3.05) is 6.61 Å². The number of alkyl carbamates (subject to hydrolysis) is 1. The first-order valence-corrected chi connectivity index (χ1v) is 9.01. The van der Waals surface area contributed by atoms with Gasteiger partial charge in [0.05, 0.1) is 5.92 Å². The number of nitrogens with one attached hydrogen (secondary N) is 1. The number of aliphatic carboxylic acids is 2. The van der Waals surface area contributed by atoms with E-state index in [0.29, 0.717) is 18.5 Å². The van der Waals surface area contributed by atoms with Gasteiger partial charge in [0.15, 0.2) is 0 Å². The Morgan fingerprint density at radius 2 is 1.86 bits per heavy atom. The summed E-state index contributed by atoms with van der Waals surface area (Å²) in [5, 5.41) is 29.9. The summed E-state index contributed by atoms with van der Waals surface area (Å²) in [5.41, 5.74) is 0.613. The summed E-state index contributed by atoms with van der Waals surface area (Å²) in [6, 6.07) is 2.07. The largest absolute Gasteiger partial charge is 0.481 e. The number of carbonyl (C=O) groups excluding carboxylic acids is 1. The van der Waals surface area contributed by atoms with E-state index < -0.39 is 35.6 Å². The fourth-order valence-electron chi connectivity index (χ4n) is 2.49. The van der Waals surface area contributed by atoms with Crippen LogP contribution >= 0.6 is 0 Å². The fourth-order valence-corrected chi connectivity index (χ4v) is 2.49. The minimum absolute atomic E-state index is 0.0232. The van der Waals surface area contributed by atoms with Gasteiger partial charge in [0.1, 0.15) is 11.6 Å². The Labute approximate surface area is 163 Å². The van der Waals surface area contributed by atoms with E-state index in [9.17, 15) is 24.6 Å². The smallest absolute Gasteiger partial charge is 0.408 e. The Hall–Kier alpha value is -2.68. The van der Waals surface area contributed by atoms with Crippen LogP contribution in [-0.4, -0.2) is 56.6 Å². The van der Waals surface area contributed by atoms with E-state index in [4.69, 9.17) is 9.84 Å². The normalized spacial score (nSPS) is 13.4. The minimum Gasteiger partial charge on any atom is -0.481 e. The number of amides is 1. The molecule has 9 nitrogen and oxygen atoms in total. The van der Waals surface area contributed by atoms with E-state index in [1.54, 1.807) is 39.1 Å². The number of pyridine rings is 1. The average molecular weight is 396 g/mol. The van der Waals surface area contributed by atoms with Gasteiger partial charge in [-0.05, 0) is 51.7 Å². The third-order valence-electron chi connectivity index (χ3n) is 3.82. The summed E-state index contributed by atoms with van der Waals surface area (Å²) in [6.45, 7) is 4.99. The van der Waals surface area contributed by atoms with Crippen LogP contribution in [0.4, 0.5) is 4.79 Å². The minimum atomic E-state index is -1.40. The molecule has 0 aromatic carbocycles. The number of carbonyl (C=O) groups is 3. The number of hydrogen-bond donors (Lipinski definition) is 4. The summed E-state index contributed by atoms with van der Waals surface area (Å²) in [6.07, 6.45) is 1.67. The van der Waals surface area contributed by atoms with Gasteiger partial charge in [0, 0.05) is 24.9 Å². The Morgan fingerprint density at radius 1 is 1.18 bits per heavy atom. The molecule has 156 valence electrons. The Balaban J connectivity index is 2.78. The molecule has 0 unspecified atom stereocenters. The number of aromatic nitrogens is 1. The lowest BCUT2D eigenvalue weighted by molar-refractivity contribution is -0.144. The summed E-state index contributed by atoms with van der Waals surface area (Å²) >= 11 is 0. The molecule has 9 heteroatoms. The summed E-state index contributed by atoms with van der Waals surface area (Å²) in [7, 11) is 0. The number of carboxylic acid groups (broad SMARTS) is 2. The molecule has 0 saturated heterocycles. The lowest BCUT2D eigenvalue weighted by Gasteiger charge is -2.23. The molecule has 28 heavy (non-hydrogen) atoms. The second-order valence-electron chi connectivity index (χ2n) is 7.50. The van der Waals surface area contributed by atoms with Crippen molar-refractivity contribution >= 4 is 18.0 Å². The molecule has 0 bridgehead atoms. The molecule has 1 heterocycles. The lowest BCUT2D eigenvalue weighted by atomic mass is 9.94. The van der Waals surface area contributed by atoms with Gasteiger partial charge in [-0.15, -0.1) is 0 Å². The van der Waals surface area contributed by atoms with Crippen molar-refractivity contribution in [3.63, 3.8) is 0 Å². The van der Waals surface area contributed by atoms with E-state index in [-0.39, 0.29) is 19.4 Å². The molecule has 0 fully saturated rings. The summed E-state index contributed by atoms with van der Waals surface area (Å²) < 4.78 is 5.03. The molecule has 0 aliphatic heterocycles. The third-order valence-corrected chi connectivity index (χ3v) is 3.82. The Kier molecular flexibility index (Phi) is 8.84. The molecule has 0 spiro atoms. The molecule has 0 aliphatic carbocycles. The van der Waals surface area contributed by atoms with E-state index in [1.165, 1.54) is 0 Å². The number of carboxylic acids is 2. The number of nitrogens with zero attached hydrogens (tertiary/aromatic N) is 1. The Morgan fingerprint density at radius 3 is 2.32 bits per heavy atom. The van der Waals surface area contributed by atoms with Crippen LogP contribution in [0.25, 0.3) is 0 Å². The molecule has 1 amide bonds. The SMILES string of the molecule is CC(C)(C)OC(=O)N[C@H](C[C@H](Cc1ccc(CCCO)cn1)C(=O)O)C(=O)O. The molecule has 4 N–H and O–H groups in total. The third kappa shape index (κ3) is 8.81. The molecule has 2 atom stereocenters. The van der Waals surface area contributed by atoms with E-state index >= 15 is 0 Å². The van der Waals surface area contributed by atoms with Gasteiger partial charge in [-0.3, -0.25) is 9.78 Å². The number of rotatable bonds is 10. The van der Waals surface area contributed by atoms with Crippen LogP contribution in [0.2, 0.25) is 0 Å². The van der Waals surface area contributed by atoms with Crippen LogP contribution in [0.5, 0.6) is 0 Å². The molecule has 1 aromatic heterocycles. The predicted octanol–water partition coefficient (Wildman–Crippen LogP) is 1.62. The molecule has 1 rings (SSSR count). The fraction of sp³-hybridized carbons (Fsp3) is 0.579. The molecular formula is C19H28N2O7. The van der Waals surface area contributed by atoms with Gasteiger partial charge in [-0.1, -0.05) is 6.07 Å². The highest BCUT2D eigenvalue weighted by Gasteiger charge is 2.30. The quantitative estimate of drug-likeness (QED) is 0.467. The molecular weight excluding hydrogens is 368 g/mol. The second-order valence-corrected chi connectivity index (χ2v) is 7.50. The summed E-state index contributed by atoms with van der Waals surface area (Å²) in [5.74, 6) is -3.57. The Bertz CT molecular complexity index is 668. The van der Waals surface area contributed by atoms with E-state index in [1.807, 2.05) is 0 Å².